The molecular formula is C68H62N8O2. The molecule has 78 heavy (non-hydrogen) atoms. The Hall–Kier alpha value is -9.28. The summed E-state index contributed by atoms with van der Waals surface area (Å²) < 4.78 is 22.3. The van der Waals surface area contributed by atoms with Crippen LogP contribution in [0.3, 0.4) is 0 Å². The molecule has 0 atom stereocenters. The van der Waals surface area contributed by atoms with Gasteiger partial charge in [0.2, 0.25) is 0 Å². The van der Waals surface area contributed by atoms with Gasteiger partial charge in [0.25, 0.3) is 12.7 Å². The predicted molar refractivity (Wildman–Crippen MR) is 316 cm³/mol. The maximum Gasteiger partial charge on any atom is 0.269 e. The Bertz CT molecular complexity index is 3990. The molecule has 8 aromatic carbocycles. The smallest absolute Gasteiger partial charge is 0.269 e. The summed E-state index contributed by atoms with van der Waals surface area (Å²) in [5.74, 6) is 2.65. The Kier molecular flexibility index (Phi) is 12.3. The Morgan fingerprint density at radius 2 is 0.782 bits per heavy atom. The number of anilines is 2. The highest BCUT2D eigenvalue weighted by Gasteiger charge is 2.23. The van der Waals surface area contributed by atoms with Crippen LogP contribution in [-0.4, -0.2) is 47.3 Å². The van der Waals surface area contributed by atoms with Gasteiger partial charge in [0.1, 0.15) is 23.0 Å². The molecule has 0 radical (unpaired) electrons. The van der Waals surface area contributed by atoms with Gasteiger partial charge in [-0.05, 0) is 116 Å². The average molecular weight is 1020 g/mol. The summed E-state index contributed by atoms with van der Waals surface area (Å²) in [4.78, 5) is 13.9. The van der Waals surface area contributed by atoms with Gasteiger partial charge in [0.15, 0.2) is 0 Å². The molecule has 386 valence electrons. The van der Waals surface area contributed by atoms with Gasteiger partial charge >= 0.3 is 0 Å². The first kappa shape index (κ1) is 49.6. The number of rotatable bonds is 11. The van der Waals surface area contributed by atoms with Crippen molar-refractivity contribution in [3.8, 4) is 57.1 Å². The molecule has 0 aliphatic carbocycles. The molecular weight excluding hydrogens is 961 g/mol. The zero-order valence-electron chi connectivity index (χ0n) is 45.9. The molecule has 0 N–H and O–H groups in total. The number of imidazole rings is 2. The summed E-state index contributed by atoms with van der Waals surface area (Å²) in [6.07, 6.45) is 11.1. The van der Waals surface area contributed by atoms with Crippen molar-refractivity contribution >= 4 is 55.0 Å². The minimum Gasteiger partial charge on any atom is -0.458 e. The number of para-hydroxylation sites is 4. The van der Waals surface area contributed by atoms with E-state index in [1.165, 1.54) is 21.5 Å². The van der Waals surface area contributed by atoms with E-state index in [2.05, 4.69) is 268 Å². The highest BCUT2D eigenvalue weighted by atomic mass is 16.5. The predicted octanol–water partition coefficient (Wildman–Crippen LogP) is 14.8. The van der Waals surface area contributed by atoms with E-state index >= 15 is 0 Å². The standard InChI is InChI=1S/C68H62N8O2/c1-67(2,3)49-35-51(73-43-75(61-25-17-15-23-59(61)73)65-33-47-21-13-11-19-45(47)31-63(65)71(7)8)39-55(37-49)77-53-27-29-69-57(41-53)58-42-54(28-30-70-58)78-56-38-50(68(4,5)6)36-52(40-56)74-44-76(62-26-18-16-24-60(62)74)66-34-48-22-14-12-20-46(48)32-64(66)72(9)10/h11-42H,1-10H3. The molecule has 0 fully saturated rings. The lowest BCUT2D eigenvalue weighted by molar-refractivity contribution is -0.572. The molecule has 0 saturated heterocycles. The monoisotopic (exact) mass is 1020 g/mol. The van der Waals surface area contributed by atoms with Gasteiger partial charge in [-0.3, -0.25) is 28.2 Å². The number of benzene rings is 8. The quantitative estimate of drug-likeness (QED) is 0.0950. The van der Waals surface area contributed by atoms with Crippen LogP contribution in [0.15, 0.2) is 194 Å². The minimum absolute atomic E-state index is 0.186. The number of nitrogens with zero attached hydrogens (tertiary/aromatic N) is 8. The Morgan fingerprint density at radius 1 is 0.410 bits per heavy atom. The van der Waals surface area contributed by atoms with Crippen molar-refractivity contribution < 1.29 is 18.6 Å². The van der Waals surface area contributed by atoms with Crippen LogP contribution < -0.4 is 28.4 Å². The maximum atomic E-state index is 6.82. The van der Waals surface area contributed by atoms with Crippen LogP contribution in [0.25, 0.3) is 77.7 Å². The SMILES string of the molecule is CN(C)c1cc2ccccc2cc1-n1[c-][n+](-c2cc(Oc3ccnc(-c4cc(Oc5cc(-[n+]6[c-]n(-c7cc8ccccc8cc7N(C)C)c7ccccc76)cc(C(C)(C)C)c5)ccn4)c3)cc(C(C)(C)C)c2)c2ccccc21. The molecule has 4 heterocycles. The fraction of sp³-hybridized carbons (Fsp3) is 0.176. The van der Waals surface area contributed by atoms with Gasteiger partial charge in [-0.15, -0.1) is 0 Å². The summed E-state index contributed by atoms with van der Waals surface area (Å²) in [5.41, 5.74) is 13.4. The Morgan fingerprint density at radius 3 is 1.17 bits per heavy atom. The molecule has 0 spiro atoms. The van der Waals surface area contributed by atoms with Gasteiger partial charge in [0, 0.05) is 64.1 Å². The lowest BCUT2D eigenvalue weighted by Crippen LogP contribution is -2.30. The van der Waals surface area contributed by atoms with Crippen LogP contribution in [0.2, 0.25) is 0 Å². The molecule has 0 saturated carbocycles. The van der Waals surface area contributed by atoms with Crippen molar-refractivity contribution in [2.24, 2.45) is 0 Å². The van der Waals surface area contributed by atoms with Crippen LogP contribution in [-0.2, 0) is 10.8 Å². The van der Waals surface area contributed by atoms with Crippen molar-refractivity contribution in [3.05, 3.63) is 218 Å². The number of aromatic nitrogens is 6. The van der Waals surface area contributed by atoms with Gasteiger partial charge in [0.05, 0.1) is 56.2 Å². The molecule has 0 bridgehead atoms. The van der Waals surface area contributed by atoms with E-state index < -0.39 is 0 Å². The highest BCUT2D eigenvalue weighted by Crippen LogP contribution is 2.37. The number of pyridine rings is 2. The fourth-order valence-electron chi connectivity index (χ4n) is 10.3. The summed E-state index contributed by atoms with van der Waals surface area (Å²) in [6, 6.07) is 63.5. The largest absolute Gasteiger partial charge is 0.458 e. The van der Waals surface area contributed by atoms with E-state index in [-0.39, 0.29) is 10.8 Å². The second kappa shape index (κ2) is 19.4. The van der Waals surface area contributed by atoms with E-state index in [4.69, 9.17) is 19.4 Å². The second-order valence-electron chi connectivity index (χ2n) is 22.6. The van der Waals surface area contributed by atoms with Crippen LogP contribution in [0.1, 0.15) is 52.7 Å². The first-order valence-corrected chi connectivity index (χ1v) is 26.4. The van der Waals surface area contributed by atoms with E-state index in [9.17, 15) is 0 Å². The van der Waals surface area contributed by atoms with Crippen molar-refractivity contribution in [3.63, 3.8) is 0 Å². The fourth-order valence-corrected chi connectivity index (χ4v) is 10.3. The lowest BCUT2D eigenvalue weighted by Gasteiger charge is -2.22. The van der Waals surface area contributed by atoms with Crippen molar-refractivity contribution in [2.45, 2.75) is 52.4 Å². The number of ether oxygens (including phenoxy) is 2. The van der Waals surface area contributed by atoms with Gasteiger partial charge < -0.3 is 19.3 Å². The third kappa shape index (κ3) is 9.44. The molecule has 0 unspecified atom stereocenters. The molecule has 0 aliphatic heterocycles. The zero-order chi connectivity index (χ0) is 54.0. The normalized spacial score (nSPS) is 12.0. The zero-order valence-corrected chi connectivity index (χ0v) is 45.9. The van der Waals surface area contributed by atoms with Crippen molar-refractivity contribution in [1.29, 1.82) is 0 Å². The number of fused-ring (bicyclic) bond motifs is 4. The topological polar surface area (TPSA) is 68.3 Å². The first-order chi connectivity index (χ1) is 37.5. The molecule has 10 heteroatoms. The number of hydrogen-bond acceptors (Lipinski definition) is 6. The Labute approximate surface area is 456 Å². The highest BCUT2D eigenvalue weighted by molar-refractivity contribution is 5.92. The van der Waals surface area contributed by atoms with E-state index in [0.717, 1.165) is 67.3 Å². The van der Waals surface area contributed by atoms with Crippen LogP contribution in [0.4, 0.5) is 11.4 Å². The average Bonchev–Trinajstić information content (AvgIpc) is 4.11. The van der Waals surface area contributed by atoms with Crippen molar-refractivity contribution in [1.82, 2.24) is 19.1 Å². The molecule has 10 nitrogen and oxygen atoms in total. The summed E-state index contributed by atoms with van der Waals surface area (Å²) in [7, 11) is 8.35. The van der Waals surface area contributed by atoms with Crippen molar-refractivity contribution in [2.75, 3.05) is 38.0 Å². The molecule has 4 aromatic heterocycles. The van der Waals surface area contributed by atoms with E-state index in [0.29, 0.717) is 34.4 Å². The Balaban J connectivity index is 0.874. The van der Waals surface area contributed by atoms with Gasteiger partial charge in [-0.1, -0.05) is 139 Å². The summed E-state index contributed by atoms with van der Waals surface area (Å²) in [5, 5.41) is 4.71. The molecule has 12 aromatic rings. The molecule has 0 amide bonds. The molecule has 0 aliphatic rings. The minimum atomic E-state index is -0.186. The maximum absolute atomic E-state index is 6.82. The third-order valence-corrected chi connectivity index (χ3v) is 14.5. The second-order valence-corrected chi connectivity index (χ2v) is 22.6. The van der Waals surface area contributed by atoms with E-state index in [1.54, 1.807) is 12.4 Å². The van der Waals surface area contributed by atoms with Crippen LogP contribution >= 0.6 is 0 Å². The summed E-state index contributed by atoms with van der Waals surface area (Å²) in [6.45, 7) is 13.3. The molecule has 12 rings (SSSR count). The lowest BCUT2D eigenvalue weighted by atomic mass is 9.86. The third-order valence-electron chi connectivity index (χ3n) is 14.5. The van der Waals surface area contributed by atoms with Crippen LogP contribution in [0, 0.1) is 12.7 Å². The number of hydrogen-bond donors (Lipinski definition) is 0. The first-order valence-electron chi connectivity index (χ1n) is 26.4. The van der Waals surface area contributed by atoms with Gasteiger partial charge in [-0.25, -0.2) is 0 Å². The van der Waals surface area contributed by atoms with Crippen LogP contribution in [0.5, 0.6) is 23.0 Å². The van der Waals surface area contributed by atoms with Gasteiger partial charge in [-0.2, -0.15) is 0 Å². The summed E-state index contributed by atoms with van der Waals surface area (Å²) >= 11 is 0. The van der Waals surface area contributed by atoms with E-state index in [1.807, 2.05) is 24.3 Å².